The van der Waals surface area contributed by atoms with E-state index in [0.29, 0.717) is 5.56 Å². The summed E-state index contributed by atoms with van der Waals surface area (Å²) in [7, 11) is 1.65. The number of nitrogens with zero attached hydrogens (tertiary/aromatic N) is 2. The second-order valence-electron chi connectivity index (χ2n) is 7.06. The molecule has 0 aliphatic carbocycles. The Morgan fingerprint density at radius 1 is 1.10 bits per heavy atom. The first kappa shape index (κ1) is 18.0. The van der Waals surface area contributed by atoms with Crippen LogP contribution in [0.2, 0.25) is 5.02 Å². The lowest BCUT2D eigenvalue weighted by Gasteiger charge is -2.38. The van der Waals surface area contributed by atoms with E-state index >= 15 is 0 Å². The summed E-state index contributed by atoms with van der Waals surface area (Å²) in [5, 5.41) is 6.88. The van der Waals surface area contributed by atoms with E-state index in [1.807, 2.05) is 47.5 Å². The van der Waals surface area contributed by atoms with Crippen molar-refractivity contribution in [1.82, 2.24) is 5.01 Å². The first-order valence-corrected chi connectivity index (χ1v) is 9.72. The van der Waals surface area contributed by atoms with E-state index in [4.69, 9.17) is 26.2 Å². The van der Waals surface area contributed by atoms with Crippen molar-refractivity contribution in [3.8, 4) is 11.5 Å². The summed E-state index contributed by atoms with van der Waals surface area (Å²) < 4.78 is 25.6. The van der Waals surface area contributed by atoms with Crippen LogP contribution in [0.5, 0.6) is 11.5 Å². The molecular formula is C23H18ClFN2O2. The zero-order valence-corrected chi connectivity index (χ0v) is 16.4. The largest absolute Gasteiger partial charge is 0.497 e. The summed E-state index contributed by atoms with van der Waals surface area (Å²) in [5.41, 5.74) is 3.73. The lowest BCUT2D eigenvalue weighted by molar-refractivity contribution is -0.0192. The molecule has 0 amide bonds. The molecule has 3 aromatic carbocycles. The lowest BCUT2D eigenvalue weighted by Crippen LogP contribution is -2.33. The predicted octanol–water partition coefficient (Wildman–Crippen LogP) is 5.73. The highest BCUT2D eigenvalue weighted by atomic mass is 35.5. The standard InChI is InChI=1S/C23H18ClFN2O2/c1-28-16-9-6-14(7-10-16)20-13-21-17-4-2-3-5-22(17)29-23(27(21)26-20)15-8-11-18(24)19(25)12-15/h2-12,21,23H,13H2,1H3/t21-,23+/m1/s1. The molecule has 0 bridgehead atoms. The van der Waals surface area contributed by atoms with Gasteiger partial charge in [0.05, 0.1) is 23.9 Å². The minimum atomic E-state index is -0.530. The van der Waals surface area contributed by atoms with Crippen LogP contribution < -0.4 is 9.47 Å². The van der Waals surface area contributed by atoms with Gasteiger partial charge in [0.1, 0.15) is 17.3 Å². The number of benzene rings is 3. The predicted molar refractivity (Wildman–Crippen MR) is 110 cm³/mol. The number of hydrogen-bond acceptors (Lipinski definition) is 4. The topological polar surface area (TPSA) is 34.1 Å². The molecule has 2 aliphatic heterocycles. The van der Waals surface area contributed by atoms with Gasteiger partial charge in [-0.3, -0.25) is 0 Å². The van der Waals surface area contributed by atoms with Gasteiger partial charge in [-0.05, 0) is 48.0 Å². The summed E-state index contributed by atoms with van der Waals surface area (Å²) in [4.78, 5) is 0. The minimum absolute atomic E-state index is 0.0146. The van der Waals surface area contributed by atoms with Crippen LogP contribution in [-0.4, -0.2) is 17.8 Å². The van der Waals surface area contributed by atoms with E-state index < -0.39 is 12.0 Å². The fourth-order valence-electron chi connectivity index (χ4n) is 3.88. The van der Waals surface area contributed by atoms with Crippen molar-refractivity contribution in [2.45, 2.75) is 18.7 Å². The van der Waals surface area contributed by atoms with Crippen LogP contribution in [0, 0.1) is 5.82 Å². The van der Waals surface area contributed by atoms with Gasteiger partial charge in [-0.15, -0.1) is 0 Å². The molecule has 2 aliphatic rings. The van der Waals surface area contributed by atoms with Gasteiger partial charge in [0.2, 0.25) is 6.23 Å². The van der Waals surface area contributed by atoms with E-state index in [2.05, 4.69) is 6.07 Å². The fourth-order valence-corrected chi connectivity index (χ4v) is 4.00. The third kappa shape index (κ3) is 3.12. The molecule has 0 saturated carbocycles. The van der Waals surface area contributed by atoms with Crippen LogP contribution in [-0.2, 0) is 0 Å². The SMILES string of the molecule is COc1ccc(C2=NN3[C@H](C2)c2ccccc2O[C@H]3c2ccc(Cl)c(F)c2)cc1. The third-order valence-electron chi connectivity index (χ3n) is 5.35. The molecular weight excluding hydrogens is 391 g/mol. The summed E-state index contributed by atoms with van der Waals surface area (Å²) in [6.45, 7) is 0. The number of para-hydroxylation sites is 1. The number of ether oxygens (including phenoxy) is 2. The maximum absolute atomic E-state index is 14.1. The quantitative estimate of drug-likeness (QED) is 0.555. The zero-order chi connectivity index (χ0) is 20.0. The molecule has 146 valence electrons. The molecule has 0 radical (unpaired) electrons. The number of fused-ring (bicyclic) bond motifs is 3. The molecule has 2 heterocycles. The number of halogens is 2. The Morgan fingerprint density at radius 3 is 2.66 bits per heavy atom. The normalized spacial score (nSPS) is 19.8. The highest BCUT2D eigenvalue weighted by Gasteiger charge is 2.41. The van der Waals surface area contributed by atoms with E-state index in [0.717, 1.165) is 34.8 Å². The van der Waals surface area contributed by atoms with Crippen molar-refractivity contribution in [1.29, 1.82) is 0 Å². The Balaban J connectivity index is 1.57. The van der Waals surface area contributed by atoms with Gasteiger partial charge in [0, 0.05) is 17.5 Å². The van der Waals surface area contributed by atoms with Crippen molar-refractivity contribution in [2.24, 2.45) is 5.10 Å². The highest BCUT2D eigenvalue weighted by molar-refractivity contribution is 6.30. The second-order valence-corrected chi connectivity index (χ2v) is 7.46. The highest BCUT2D eigenvalue weighted by Crippen LogP contribution is 2.47. The molecule has 2 atom stereocenters. The number of rotatable bonds is 3. The van der Waals surface area contributed by atoms with Crippen molar-refractivity contribution in [3.63, 3.8) is 0 Å². The van der Waals surface area contributed by atoms with Crippen molar-refractivity contribution in [2.75, 3.05) is 7.11 Å². The molecule has 0 N–H and O–H groups in total. The second kappa shape index (κ2) is 7.08. The Hall–Kier alpha value is -3.05. The van der Waals surface area contributed by atoms with Gasteiger partial charge in [0.15, 0.2) is 0 Å². The van der Waals surface area contributed by atoms with Crippen LogP contribution in [0.25, 0.3) is 0 Å². The number of methoxy groups -OCH3 is 1. The maximum Gasteiger partial charge on any atom is 0.213 e. The summed E-state index contributed by atoms with van der Waals surface area (Å²) in [5.74, 6) is 1.12. The summed E-state index contributed by atoms with van der Waals surface area (Å²) in [6.07, 6.45) is 0.205. The van der Waals surface area contributed by atoms with E-state index in [1.54, 1.807) is 19.2 Å². The molecule has 0 fully saturated rings. The minimum Gasteiger partial charge on any atom is -0.497 e. The van der Waals surface area contributed by atoms with Crippen molar-refractivity contribution >= 4 is 17.3 Å². The molecule has 0 spiro atoms. The molecule has 4 nitrogen and oxygen atoms in total. The average molecular weight is 409 g/mol. The van der Waals surface area contributed by atoms with Crippen LogP contribution in [0.15, 0.2) is 71.8 Å². The number of hydrogen-bond donors (Lipinski definition) is 0. The van der Waals surface area contributed by atoms with Gasteiger partial charge in [-0.25, -0.2) is 9.40 Å². The Kier molecular flexibility index (Phi) is 4.40. The molecule has 0 aromatic heterocycles. The van der Waals surface area contributed by atoms with Gasteiger partial charge in [-0.2, -0.15) is 5.10 Å². The van der Waals surface area contributed by atoms with Crippen LogP contribution in [0.4, 0.5) is 4.39 Å². The molecule has 0 saturated heterocycles. The number of hydrazone groups is 1. The van der Waals surface area contributed by atoms with Gasteiger partial charge < -0.3 is 9.47 Å². The Bertz CT molecular complexity index is 1100. The van der Waals surface area contributed by atoms with Gasteiger partial charge >= 0.3 is 0 Å². The van der Waals surface area contributed by atoms with Crippen LogP contribution >= 0.6 is 11.6 Å². The van der Waals surface area contributed by atoms with Crippen molar-refractivity contribution in [3.05, 3.63) is 94.3 Å². The molecule has 5 rings (SSSR count). The monoisotopic (exact) mass is 408 g/mol. The first-order chi connectivity index (χ1) is 14.1. The van der Waals surface area contributed by atoms with E-state index in [9.17, 15) is 4.39 Å². The lowest BCUT2D eigenvalue weighted by atomic mass is 9.96. The maximum atomic E-state index is 14.1. The van der Waals surface area contributed by atoms with Crippen LogP contribution in [0.1, 0.15) is 35.4 Å². The first-order valence-electron chi connectivity index (χ1n) is 9.35. The smallest absolute Gasteiger partial charge is 0.213 e. The molecule has 29 heavy (non-hydrogen) atoms. The zero-order valence-electron chi connectivity index (χ0n) is 15.7. The molecule has 3 aromatic rings. The molecule has 0 unspecified atom stereocenters. The molecule has 6 heteroatoms. The van der Waals surface area contributed by atoms with Crippen LogP contribution in [0.3, 0.4) is 0 Å². The summed E-state index contributed by atoms with van der Waals surface area (Å²) in [6, 6.07) is 20.5. The third-order valence-corrected chi connectivity index (χ3v) is 5.66. The Morgan fingerprint density at radius 2 is 1.90 bits per heavy atom. The van der Waals surface area contributed by atoms with Crippen molar-refractivity contribution < 1.29 is 13.9 Å². The average Bonchev–Trinajstić information content (AvgIpc) is 3.21. The Labute approximate surface area is 173 Å². The van der Waals surface area contributed by atoms with E-state index in [1.165, 1.54) is 6.07 Å². The van der Waals surface area contributed by atoms with Gasteiger partial charge in [-0.1, -0.05) is 35.9 Å². The van der Waals surface area contributed by atoms with E-state index in [-0.39, 0.29) is 11.1 Å². The van der Waals surface area contributed by atoms with Gasteiger partial charge in [0.25, 0.3) is 0 Å². The summed E-state index contributed by atoms with van der Waals surface area (Å²) >= 11 is 5.87. The fraction of sp³-hybridized carbons (Fsp3) is 0.174.